The quantitative estimate of drug-likeness (QED) is 0.863. The summed E-state index contributed by atoms with van der Waals surface area (Å²) >= 11 is 0. The maximum atomic E-state index is 12.8. The van der Waals surface area contributed by atoms with E-state index in [0.717, 1.165) is 37.1 Å². The molecule has 2 N–H and O–H groups in total. The average molecular weight is 344 g/mol. The third-order valence-corrected chi connectivity index (χ3v) is 5.66. The highest BCUT2D eigenvalue weighted by molar-refractivity contribution is 5.90. The van der Waals surface area contributed by atoms with Crippen LogP contribution in [0.15, 0.2) is 24.3 Å². The Kier molecular flexibility index (Phi) is 5.27. The minimum absolute atomic E-state index is 0.0445. The number of nitrogens with one attached hydrogen (secondary N) is 2. The molecule has 136 valence electrons. The monoisotopic (exact) mass is 344 g/mol. The van der Waals surface area contributed by atoms with Crippen molar-refractivity contribution in [2.75, 3.05) is 38.5 Å². The maximum absolute atomic E-state index is 12.8. The molecule has 1 aromatic carbocycles. The van der Waals surface area contributed by atoms with Crippen molar-refractivity contribution in [1.82, 2.24) is 15.1 Å². The minimum Gasteiger partial charge on any atom is -0.356 e. The molecule has 0 aromatic heterocycles. The molecular weight excluding hydrogens is 316 g/mol. The summed E-state index contributed by atoms with van der Waals surface area (Å²) in [4.78, 5) is 28.8. The normalized spacial score (nSPS) is 24.7. The number of carbonyl (C=O) groups excluding carboxylic acids is 2. The summed E-state index contributed by atoms with van der Waals surface area (Å²) in [7, 11) is 2.11. The summed E-state index contributed by atoms with van der Waals surface area (Å²) in [6.45, 7) is 4.97. The number of likely N-dealkylation sites (N-methyl/N-ethyl adjacent to an activating group) is 1. The number of amides is 3. The van der Waals surface area contributed by atoms with Gasteiger partial charge >= 0.3 is 6.03 Å². The van der Waals surface area contributed by atoms with E-state index in [-0.39, 0.29) is 17.5 Å². The SMILES string of the molecule is CCc1ccccc1NC(=O)N1CCN(C)[C@@]2(CCNC(=O)CC2)C1. The van der Waals surface area contributed by atoms with E-state index >= 15 is 0 Å². The summed E-state index contributed by atoms with van der Waals surface area (Å²) < 4.78 is 0. The smallest absolute Gasteiger partial charge is 0.321 e. The minimum atomic E-state index is -0.112. The lowest BCUT2D eigenvalue weighted by Crippen LogP contribution is -2.62. The molecule has 2 fully saturated rings. The van der Waals surface area contributed by atoms with Crippen molar-refractivity contribution < 1.29 is 9.59 Å². The number of benzene rings is 1. The van der Waals surface area contributed by atoms with E-state index in [0.29, 0.717) is 26.1 Å². The maximum Gasteiger partial charge on any atom is 0.321 e. The van der Waals surface area contributed by atoms with Crippen LogP contribution in [0.1, 0.15) is 31.7 Å². The molecule has 2 heterocycles. The molecule has 0 aliphatic carbocycles. The number of aryl methyl sites for hydroxylation is 1. The first-order chi connectivity index (χ1) is 12.0. The fraction of sp³-hybridized carbons (Fsp3) is 0.579. The van der Waals surface area contributed by atoms with Gasteiger partial charge in [0.15, 0.2) is 0 Å². The first-order valence-corrected chi connectivity index (χ1v) is 9.16. The predicted octanol–water partition coefficient (Wildman–Crippen LogP) is 2.07. The second kappa shape index (κ2) is 7.44. The largest absolute Gasteiger partial charge is 0.356 e. The van der Waals surface area contributed by atoms with Crippen LogP contribution in [0.2, 0.25) is 0 Å². The van der Waals surface area contributed by atoms with E-state index in [1.807, 2.05) is 29.2 Å². The summed E-state index contributed by atoms with van der Waals surface area (Å²) in [5, 5.41) is 6.03. The first-order valence-electron chi connectivity index (χ1n) is 9.16. The molecule has 1 aromatic rings. The molecule has 2 saturated heterocycles. The molecule has 2 aliphatic heterocycles. The predicted molar refractivity (Wildman–Crippen MR) is 98.6 cm³/mol. The van der Waals surface area contributed by atoms with Gasteiger partial charge in [-0.2, -0.15) is 0 Å². The number of para-hydroxylation sites is 1. The molecule has 1 atom stereocenters. The molecule has 0 saturated carbocycles. The molecule has 1 spiro atoms. The van der Waals surface area contributed by atoms with E-state index in [2.05, 4.69) is 29.5 Å². The van der Waals surface area contributed by atoms with Crippen molar-refractivity contribution in [1.29, 1.82) is 0 Å². The Morgan fingerprint density at radius 3 is 2.88 bits per heavy atom. The molecule has 0 unspecified atom stereocenters. The fourth-order valence-corrected chi connectivity index (χ4v) is 3.92. The Morgan fingerprint density at radius 1 is 1.28 bits per heavy atom. The van der Waals surface area contributed by atoms with Crippen LogP contribution in [0.3, 0.4) is 0 Å². The lowest BCUT2D eigenvalue weighted by molar-refractivity contribution is -0.121. The standard InChI is InChI=1S/C19H28N4O2/c1-3-15-6-4-5-7-16(15)21-18(25)23-13-12-22(2)19(14-23)9-8-17(24)20-11-10-19/h4-7H,3,8-14H2,1-2H3,(H,20,24)(H,21,25)/t19-/m0/s1. The molecule has 6 nitrogen and oxygen atoms in total. The molecule has 6 heteroatoms. The highest BCUT2D eigenvalue weighted by Crippen LogP contribution is 2.30. The molecule has 3 amide bonds. The zero-order valence-corrected chi connectivity index (χ0v) is 15.2. The Labute approximate surface area is 149 Å². The summed E-state index contributed by atoms with van der Waals surface area (Å²) in [6, 6.07) is 7.90. The van der Waals surface area contributed by atoms with Gasteiger partial charge in [-0.25, -0.2) is 4.79 Å². The van der Waals surface area contributed by atoms with E-state index in [4.69, 9.17) is 0 Å². The lowest BCUT2D eigenvalue weighted by Gasteiger charge is -2.49. The number of piperazine rings is 1. The fourth-order valence-electron chi connectivity index (χ4n) is 3.92. The van der Waals surface area contributed by atoms with Crippen molar-refractivity contribution in [3.8, 4) is 0 Å². The van der Waals surface area contributed by atoms with Crippen LogP contribution in [0.25, 0.3) is 0 Å². The van der Waals surface area contributed by atoms with Crippen LogP contribution in [-0.2, 0) is 11.2 Å². The Morgan fingerprint density at radius 2 is 2.08 bits per heavy atom. The zero-order valence-electron chi connectivity index (χ0n) is 15.2. The number of nitrogens with zero attached hydrogens (tertiary/aromatic N) is 2. The van der Waals surface area contributed by atoms with Gasteiger partial charge in [-0.05, 0) is 37.9 Å². The van der Waals surface area contributed by atoms with E-state index in [1.54, 1.807) is 0 Å². The number of hydrogen-bond acceptors (Lipinski definition) is 3. The van der Waals surface area contributed by atoms with Crippen LogP contribution < -0.4 is 10.6 Å². The average Bonchev–Trinajstić information content (AvgIpc) is 2.80. The Balaban J connectivity index is 1.72. The van der Waals surface area contributed by atoms with Crippen molar-refractivity contribution in [3.05, 3.63) is 29.8 Å². The van der Waals surface area contributed by atoms with Gasteiger partial charge in [0.2, 0.25) is 5.91 Å². The highest BCUT2D eigenvalue weighted by atomic mass is 16.2. The Hall–Kier alpha value is -2.08. The van der Waals surface area contributed by atoms with Gasteiger partial charge < -0.3 is 15.5 Å². The molecule has 0 bridgehead atoms. The summed E-state index contributed by atoms with van der Waals surface area (Å²) in [5.74, 6) is 0.115. The molecule has 2 aliphatic rings. The van der Waals surface area contributed by atoms with Gasteiger partial charge in [0.1, 0.15) is 0 Å². The lowest BCUT2D eigenvalue weighted by atomic mass is 9.86. The highest BCUT2D eigenvalue weighted by Gasteiger charge is 2.42. The third-order valence-electron chi connectivity index (χ3n) is 5.66. The van der Waals surface area contributed by atoms with Gasteiger partial charge in [-0.1, -0.05) is 25.1 Å². The molecule has 0 radical (unpaired) electrons. The van der Waals surface area contributed by atoms with E-state index < -0.39 is 0 Å². The second-order valence-electron chi connectivity index (χ2n) is 7.11. The second-order valence-corrected chi connectivity index (χ2v) is 7.11. The van der Waals surface area contributed by atoms with Gasteiger partial charge in [-0.3, -0.25) is 9.69 Å². The molecule has 25 heavy (non-hydrogen) atoms. The third kappa shape index (κ3) is 3.79. The number of anilines is 1. The van der Waals surface area contributed by atoms with Crippen LogP contribution in [0.5, 0.6) is 0 Å². The molecular formula is C19H28N4O2. The van der Waals surface area contributed by atoms with Crippen LogP contribution in [0, 0.1) is 0 Å². The van der Waals surface area contributed by atoms with Gasteiger partial charge in [-0.15, -0.1) is 0 Å². The topological polar surface area (TPSA) is 64.7 Å². The van der Waals surface area contributed by atoms with Gasteiger partial charge in [0.05, 0.1) is 0 Å². The number of rotatable bonds is 2. The number of hydrogen-bond donors (Lipinski definition) is 2. The van der Waals surface area contributed by atoms with Crippen LogP contribution in [-0.4, -0.2) is 60.5 Å². The number of urea groups is 1. The van der Waals surface area contributed by atoms with E-state index in [9.17, 15) is 9.59 Å². The van der Waals surface area contributed by atoms with Gasteiger partial charge in [0, 0.05) is 43.8 Å². The summed E-state index contributed by atoms with van der Waals surface area (Å²) in [5.41, 5.74) is 1.92. The van der Waals surface area contributed by atoms with Crippen molar-refractivity contribution >= 4 is 17.6 Å². The first kappa shape index (κ1) is 17.7. The van der Waals surface area contributed by atoms with Crippen LogP contribution in [0.4, 0.5) is 10.5 Å². The van der Waals surface area contributed by atoms with Crippen molar-refractivity contribution in [2.45, 2.75) is 38.1 Å². The van der Waals surface area contributed by atoms with Crippen molar-refractivity contribution in [2.24, 2.45) is 0 Å². The van der Waals surface area contributed by atoms with Crippen molar-refractivity contribution in [3.63, 3.8) is 0 Å². The van der Waals surface area contributed by atoms with E-state index in [1.165, 1.54) is 0 Å². The van der Waals surface area contributed by atoms with Crippen LogP contribution >= 0.6 is 0 Å². The summed E-state index contributed by atoms with van der Waals surface area (Å²) in [6.07, 6.45) is 3.09. The zero-order chi connectivity index (χ0) is 17.9. The Bertz CT molecular complexity index is 648. The molecule has 3 rings (SSSR count). The number of carbonyl (C=O) groups is 2. The van der Waals surface area contributed by atoms with Gasteiger partial charge in [0.25, 0.3) is 0 Å².